The molecule has 1 atom stereocenters. The maximum Gasteiger partial charge on any atom is 0.304 e. The number of nitrogens with one attached hydrogen (secondary N) is 1. The van der Waals surface area contributed by atoms with E-state index in [9.17, 15) is 9.18 Å². The SMILES string of the molecule is COc1cc(C(C)NCCC(=O)O)ccc1F. The minimum Gasteiger partial charge on any atom is -0.494 e. The second kappa shape index (κ2) is 6.20. The van der Waals surface area contributed by atoms with E-state index in [1.54, 1.807) is 12.1 Å². The highest BCUT2D eigenvalue weighted by Gasteiger charge is 2.09. The summed E-state index contributed by atoms with van der Waals surface area (Å²) >= 11 is 0. The molecule has 0 amide bonds. The Morgan fingerprint density at radius 3 is 2.88 bits per heavy atom. The standard InChI is InChI=1S/C12H16FNO3/c1-8(14-6-5-12(15)16)9-3-4-10(13)11(7-9)17-2/h3-4,7-8,14H,5-6H2,1-2H3,(H,15,16). The number of carbonyl (C=O) groups is 1. The summed E-state index contributed by atoms with van der Waals surface area (Å²) < 4.78 is 18.0. The lowest BCUT2D eigenvalue weighted by Gasteiger charge is -2.14. The number of halogens is 1. The zero-order valence-corrected chi connectivity index (χ0v) is 9.87. The molecule has 0 heterocycles. The van der Waals surface area contributed by atoms with Crippen molar-refractivity contribution in [2.24, 2.45) is 0 Å². The third kappa shape index (κ3) is 4.03. The largest absolute Gasteiger partial charge is 0.494 e. The molecule has 0 bridgehead atoms. The summed E-state index contributed by atoms with van der Waals surface area (Å²) in [5.41, 5.74) is 0.855. The van der Waals surface area contributed by atoms with Gasteiger partial charge in [0.25, 0.3) is 0 Å². The fraction of sp³-hybridized carbons (Fsp3) is 0.417. The molecule has 0 aliphatic carbocycles. The van der Waals surface area contributed by atoms with E-state index >= 15 is 0 Å². The molecule has 1 aromatic carbocycles. The summed E-state index contributed by atoms with van der Waals surface area (Å²) in [6.07, 6.45) is 0.0582. The van der Waals surface area contributed by atoms with Gasteiger partial charge in [0, 0.05) is 12.6 Å². The van der Waals surface area contributed by atoms with Gasteiger partial charge in [0.1, 0.15) is 0 Å². The molecule has 94 valence electrons. The molecule has 17 heavy (non-hydrogen) atoms. The van der Waals surface area contributed by atoms with Crippen LogP contribution in [0.25, 0.3) is 0 Å². The third-order valence-electron chi connectivity index (χ3n) is 2.46. The predicted octanol–water partition coefficient (Wildman–Crippen LogP) is 1.96. The number of carboxylic acids is 1. The minimum absolute atomic E-state index is 0.0520. The first-order valence-electron chi connectivity index (χ1n) is 5.33. The van der Waals surface area contributed by atoms with E-state index in [0.717, 1.165) is 5.56 Å². The Morgan fingerprint density at radius 1 is 1.59 bits per heavy atom. The Hall–Kier alpha value is -1.62. The van der Waals surface area contributed by atoms with Gasteiger partial charge in [-0.15, -0.1) is 0 Å². The molecule has 0 saturated heterocycles. The fourth-order valence-corrected chi connectivity index (χ4v) is 1.46. The van der Waals surface area contributed by atoms with Crippen LogP contribution < -0.4 is 10.1 Å². The van der Waals surface area contributed by atoms with Crippen LogP contribution in [0.5, 0.6) is 5.75 Å². The first-order chi connectivity index (χ1) is 8.04. The molecule has 0 spiro atoms. The van der Waals surface area contributed by atoms with Crippen LogP contribution in [0.15, 0.2) is 18.2 Å². The number of methoxy groups -OCH3 is 1. The van der Waals surface area contributed by atoms with E-state index in [1.165, 1.54) is 13.2 Å². The molecule has 1 unspecified atom stereocenters. The van der Waals surface area contributed by atoms with Crippen molar-refractivity contribution in [3.8, 4) is 5.75 Å². The third-order valence-corrected chi connectivity index (χ3v) is 2.46. The van der Waals surface area contributed by atoms with Crippen molar-refractivity contribution in [1.29, 1.82) is 0 Å². The molecule has 0 aliphatic rings. The fourth-order valence-electron chi connectivity index (χ4n) is 1.46. The van der Waals surface area contributed by atoms with Gasteiger partial charge in [0.2, 0.25) is 0 Å². The van der Waals surface area contributed by atoms with Crippen molar-refractivity contribution < 1.29 is 19.0 Å². The van der Waals surface area contributed by atoms with Gasteiger partial charge < -0.3 is 15.2 Å². The van der Waals surface area contributed by atoms with E-state index in [2.05, 4.69) is 5.32 Å². The molecule has 0 radical (unpaired) electrons. The number of hydrogen-bond acceptors (Lipinski definition) is 3. The smallest absolute Gasteiger partial charge is 0.304 e. The van der Waals surface area contributed by atoms with Gasteiger partial charge in [-0.25, -0.2) is 4.39 Å². The van der Waals surface area contributed by atoms with Crippen LogP contribution in [0.4, 0.5) is 4.39 Å². The van der Waals surface area contributed by atoms with Crippen molar-refractivity contribution >= 4 is 5.97 Å². The van der Waals surface area contributed by atoms with Crippen molar-refractivity contribution in [3.63, 3.8) is 0 Å². The lowest BCUT2D eigenvalue weighted by molar-refractivity contribution is -0.136. The summed E-state index contributed by atoms with van der Waals surface area (Å²) in [4.78, 5) is 10.4. The van der Waals surface area contributed by atoms with E-state index in [0.29, 0.717) is 6.54 Å². The topological polar surface area (TPSA) is 58.6 Å². The van der Waals surface area contributed by atoms with Gasteiger partial charge >= 0.3 is 5.97 Å². The molecule has 0 aromatic heterocycles. The Balaban J connectivity index is 2.62. The van der Waals surface area contributed by atoms with Crippen LogP contribution >= 0.6 is 0 Å². The van der Waals surface area contributed by atoms with Crippen molar-refractivity contribution in [3.05, 3.63) is 29.6 Å². The highest BCUT2D eigenvalue weighted by atomic mass is 19.1. The van der Waals surface area contributed by atoms with Crippen LogP contribution in [0.2, 0.25) is 0 Å². The Morgan fingerprint density at radius 2 is 2.29 bits per heavy atom. The van der Waals surface area contributed by atoms with Gasteiger partial charge in [0.15, 0.2) is 11.6 Å². The first-order valence-corrected chi connectivity index (χ1v) is 5.33. The molecule has 0 saturated carbocycles. The second-order valence-electron chi connectivity index (χ2n) is 3.71. The summed E-state index contributed by atoms with van der Waals surface area (Å²) in [5.74, 6) is -1.07. The minimum atomic E-state index is -0.846. The maximum atomic E-state index is 13.2. The monoisotopic (exact) mass is 241 g/mol. The van der Waals surface area contributed by atoms with E-state index < -0.39 is 11.8 Å². The van der Waals surface area contributed by atoms with Crippen molar-refractivity contribution in [2.75, 3.05) is 13.7 Å². The van der Waals surface area contributed by atoms with Gasteiger partial charge in [-0.1, -0.05) is 6.07 Å². The Bertz CT molecular complexity index is 395. The number of benzene rings is 1. The quantitative estimate of drug-likeness (QED) is 0.799. The molecule has 1 aromatic rings. The van der Waals surface area contributed by atoms with E-state index in [1.807, 2.05) is 6.92 Å². The number of hydrogen-bond donors (Lipinski definition) is 2. The summed E-state index contributed by atoms with van der Waals surface area (Å²) in [6, 6.07) is 4.54. The number of carboxylic acid groups (broad SMARTS) is 1. The van der Waals surface area contributed by atoms with Gasteiger partial charge in [-0.05, 0) is 24.6 Å². The lowest BCUT2D eigenvalue weighted by atomic mass is 10.1. The van der Waals surface area contributed by atoms with Crippen molar-refractivity contribution in [2.45, 2.75) is 19.4 Å². The van der Waals surface area contributed by atoms with Gasteiger partial charge in [-0.3, -0.25) is 4.79 Å². The van der Waals surface area contributed by atoms with E-state index in [4.69, 9.17) is 9.84 Å². The highest BCUT2D eigenvalue weighted by Crippen LogP contribution is 2.22. The normalized spacial score (nSPS) is 12.2. The Kier molecular flexibility index (Phi) is 4.90. The number of rotatable bonds is 6. The van der Waals surface area contributed by atoms with Crippen molar-refractivity contribution in [1.82, 2.24) is 5.32 Å². The first kappa shape index (κ1) is 13.4. The summed E-state index contributed by atoms with van der Waals surface area (Å²) in [5, 5.41) is 11.5. The Labute approximate surface area is 99.4 Å². The van der Waals surface area contributed by atoms with Crippen LogP contribution in [0.3, 0.4) is 0 Å². The van der Waals surface area contributed by atoms with Crippen LogP contribution in [-0.2, 0) is 4.79 Å². The zero-order chi connectivity index (χ0) is 12.8. The van der Waals surface area contributed by atoms with Crippen LogP contribution in [0, 0.1) is 5.82 Å². The maximum absolute atomic E-state index is 13.2. The average molecular weight is 241 g/mol. The molecule has 0 fully saturated rings. The number of aliphatic carboxylic acids is 1. The molecule has 2 N–H and O–H groups in total. The molecule has 0 aliphatic heterocycles. The van der Waals surface area contributed by atoms with Crippen LogP contribution in [0.1, 0.15) is 24.9 Å². The summed E-state index contributed by atoms with van der Waals surface area (Å²) in [7, 11) is 1.41. The predicted molar refractivity (Wildman–Crippen MR) is 61.6 cm³/mol. The molecular formula is C12H16FNO3. The molecule has 1 rings (SSSR count). The molecule has 4 nitrogen and oxygen atoms in total. The second-order valence-corrected chi connectivity index (χ2v) is 3.71. The number of ether oxygens (including phenoxy) is 1. The average Bonchev–Trinajstić information content (AvgIpc) is 2.29. The molecule has 5 heteroatoms. The summed E-state index contributed by atoms with van der Waals surface area (Å²) in [6.45, 7) is 2.25. The zero-order valence-electron chi connectivity index (χ0n) is 9.87. The van der Waals surface area contributed by atoms with Crippen LogP contribution in [-0.4, -0.2) is 24.7 Å². The molecular weight excluding hydrogens is 225 g/mol. The van der Waals surface area contributed by atoms with E-state index in [-0.39, 0.29) is 18.2 Å². The lowest BCUT2D eigenvalue weighted by Crippen LogP contribution is -2.21. The highest BCUT2D eigenvalue weighted by molar-refractivity contribution is 5.66. The van der Waals surface area contributed by atoms with Gasteiger partial charge in [-0.2, -0.15) is 0 Å². The van der Waals surface area contributed by atoms with Gasteiger partial charge in [0.05, 0.1) is 13.5 Å².